The zero-order valence-corrected chi connectivity index (χ0v) is 10.1. The molecule has 0 heterocycles. The lowest BCUT2D eigenvalue weighted by atomic mass is 10.00. The van der Waals surface area contributed by atoms with Crippen molar-refractivity contribution < 1.29 is 14.9 Å². The first-order valence-corrected chi connectivity index (χ1v) is 5.69. The SMILES string of the molecule is CCOc1cc(CCO)c(N)c(CCO)c1N. The van der Waals surface area contributed by atoms with Crippen molar-refractivity contribution in [1.29, 1.82) is 0 Å². The standard InChI is InChI=1S/C12H20N2O3/c1-2-17-10-7-8(3-5-15)11(13)9(4-6-16)12(10)14/h7,15-16H,2-6,13-14H2,1H3. The molecule has 0 aliphatic heterocycles. The molecule has 0 saturated heterocycles. The summed E-state index contributed by atoms with van der Waals surface area (Å²) in [7, 11) is 0. The molecular formula is C12H20N2O3. The molecule has 0 spiro atoms. The fourth-order valence-corrected chi connectivity index (χ4v) is 1.78. The summed E-state index contributed by atoms with van der Waals surface area (Å²) < 4.78 is 5.42. The van der Waals surface area contributed by atoms with E-state index in [0.717, 1.165) is 5.56 Å². The molecule has 0 saturated carbocycles. The maximum absolute atomic E-state index is 9.01. The number of aliphatic hydroxyl groups is 2. The summed E-state index contributed by atoms with van der Waals surface area (Å²) in [6.45, 7) is 2.36. The minimum Gasteiger partial charge on any atom is -0.492 e. The van der Waals surface area contributed by atoms with Gasteiger partial charge in [-0.05, 0) is 31.4 Å². The van der Waals surface area contributed by atoms with Gasteiger partial charge in [-0.25, -0.2) is 0 Å². The maximum Gasteiger partial charge on any atom is 0.142 e. The number of rotatable bonds is 6. The molecule has 0 aliphatic rings. The molecule has 17 heavy (non-hydrogen) atoms. The van der Waals surface area contributed by atoms with E-state index in [1.807, 2.05) is 6.92 Å². The van der Waals surface area contributed by atoms with Gasteiger partial charge in [0.1, 0.15) is 5.75 Å². The first-order chi connectivity index (χ1) is 8.15. The van der Waals surface area contributed by atoms with E-state index in [1.54, 1.807) is 6.07 Å². The Balaban J connectivity index is 3.24. The number of ether oxygens (including phenoxy) is 1. The monoisotopic (exact) mass is 240 g/mol. The average Bonchev–Trinajstić information content (AvgIpc) is 2.31. The molecule has 0 aromatic heterocycles. The summed E-state index contributed by atoms with van der Waals surface area (Å²) >= 11 is 0. The van der Waals surface area contributed by atoms with Gasteiger partial charge in [0.05, 0.1) is 12.3 Å². The molecule has 0 atom stereocenters. The van der Waals surface area contributed by atoms with Crippen LogP contribution in [-0.2, 0) is 12.8 Å². The second-order valence-electron chi connectivity index (χ2n) is 3.72. The Morgan fingerprint density at radius 1 is 1.12 bits per heavy atom. The predicted molar refractivity (Wildman–Crippen MR) is 68.0 cm³/mol. The highest BCUT2D eigenvalue weighted by Gasteiger charge is 2.14. The molecule has 1 rings (SSSR count). The van der Waals surface area contributed by atoms with Crippen LogP contribution < -0.4 is 16.2 Å². The highest BCUT2D eigenvalue weighted by Crippen LogP contribution is 2.34. The Morgan fingerprint density at radius 3 is 2.29 bits per heavy atom. The molecule has 0 aliphatic carbocycles. The number of benzene rings is 1. The van der Waals surface area contributed by atoms with Crippen LogP contribution in [0.4, 0.5) is 11.4 Å². The van der Waals surface area contributed by atoms with E-state index < -0.39 is 0 Å². The lowest BCUT2D eigenvalue weighted by molar-refractivity contribution is 0.297. The molecule has 0 amide bonds. The largest absolute Gasteiger partial charge is 0.492 e. The Bertz CT molecular complexity index is 350. The van der Waals surface area contributed by atoms with Gasteiger partial charge in [0, 0.05) is 24.5 Å². The van der Waals surface area contributed by atoms with Crippen LogP contribution in [0.15, 0.2) is 6.07 Å². The Kier molecular flexibility index (Phi) is 5.06. The van der Waals surface area contributed by atoms with Gasteiger partial charge in [-0.3, -0.25) is 0 Å². The summed E-state index contributed by atoms with van der Waals surface area (Å²) in [6, 6.07) is 1.76. The topological polar surface area (TPSA) is 102 Å². The Hall–Kier alpha value is -1.46. The van der Waals surface area contributed by atoms with Crippen LogP contribution in [-0.4, -0.2) is 30.0 Å². The van der Waals surface area contributed by atoms with Crippen LogP contribution in [0.25, 0.3) is 0 Å². The summed E-state index contributed by atoms with van der Waals surface area (Å²) in [5.41, 5.74) is 14.4. The van der Waals surface area contributed by atoms with Crippen LogP contribution in [0.2, 0.25) is 0 Å². The van der Waals surface area contributed by atoms with Gasteiger partial charge in [0.25, 0.3) is 0 Å². The van der Waals surface area contributed by atoms with E-state index in [-0.39, 0.29) is 13.2 Å². The fraction of sp³-hybridized carbons (Fsp3) is 0.500. The van der Waals surface area contributed by atoms with Crippen LogP contribution in [0, 0.1) is 0 Å². The summed E-state index contributed by atoms with van der Waals surface area (Å²) in [4.78, 5) is 0. The first kappa shape index (κ1) is 13.6. The molecule has 5 heteroatoms. The van der Waals surface area contributed by atoms with E-state index in [9.17, 15) is 0 Å². The smallest absolute Gasteiger partial charge is 0.142 e. The quantitative estimate of drug-likeness (QED) is 0.536. The molecule has 5 nitrogen and oxygen atoms in total. The minimum atomic E-state index is -0.0253. The average molecular weight is 240 g/mol. The predicted octanol–water partition coefficient (Wildman–Crippen LogP) is 0.319. The first-order valence-electron chi connectivity index (χ1n) is 5.69. The van der Waals surface area contributed by atoms with Crippen molar-refractivity contribution in [3.8, 4) is 5.75 Å². The van der Waals surface area contributed by atoms with Gasteiger partial charge in [-0.2, -0.15) is 0 Å². The van der Waals surface area contributed by atoms with Gasteiger partial charge in [0.15, 0.2) is 0 Å². The Labute approximate surface area is 101 Å². The van der Waals surface area contributed by atoms with Gasteiger partial charge in [-0.15, -0.1) is 0 Å². The number of nitrogens with two attached hydrogens (primary N) is 2. The van der Waals surface area contributed by atoms with Crippen LogP contribution in [0.3, 0.4) is 0 Å². The molecular weight excluding hydrogens is 220 g/mol. The van der Waals surface area contributed by atoms with E-state index in [1.165, 1.54) is 0 Å². The van der Waals surface area contributed by atoms with Crippen molar-refractivity contribution in [2.45, 2.75) is 19.8 Å². The molecule has 0 bridgehead atoms. The van der Waals surface area contributed by atoms with Crippen LogP contribution in [0.5, 0.6) is 5.75 Å². The number of nitrogen functional groups attached to an aromatic ring is 2. The molecule has 1 aromatic carbocycles. The number of hydrogen-bond donors (Lipinski definition) is 4. The third-order valence-electron chi connectivity index (χ3n) is 2.61. The molecule has 0 unspecified atom stereocenters. The van der Waals surface area contributed by atoms with Gasteiger partial charge in [0.2, 0.25) is 0 Å². The fourth-order valence-electron chi connectivity index (χ4n) is 1.78. The van der Waals surface area contributed by atoms with E-state index in [2.05, 4.69) is 0 Å². The summed E-state index contributed by atoms with van der Waals surface area (Å²) in [6.07, 6.45) is 0.835. The van der Waals surface area contributed by atoms with Crippen LogP contribution in [0.1, 0.15) is 18.1 Å². The molecule has 0 fully saturated rings. The van der Waals surface area contributed by atoms with Crippen molar-refractivity contribution in [2.75, 3.05) is 31.3 Å². The van der Waals surface area contributed by atoms with E-state index >= 15 is 0 Å². The van der Waals surface area contributed by atoms with Crippen molar-refractivity contribution >= 4 is 11.4 Å². The Morgan fingerprint density at radius 2 is 1.76 bits per heavy atom. The lowest BCUT2D eigenvalue weighted by Gasteiger charge is -2.17. The second kappa shape index (κ2) is 6.32. The van der Waals surface area contributed by atoms with E-state index in [4.69, 9.17) is 26.4 Å². The zero-order valence-electron chi connectivity index (χ0n) is 10.1. The zero-order chi connectivity index (χ0) is 12.8. The summed E-state index contributed by atoms with van der Waals surface area (Å²) in [5, 5.41) is 18.0. The van der Waals surface area contributed by atoms with E-state index in [0.29, 0.717) is 42.1 Å². The number of hydrogen-bond acceptors (Lipinski definition) is 5. The normalized spacial score (nSPS) is 10.5. The third kappa shape index (κ3) is 3.01. The van der Waals surface area contributed by atoms with Gasteiger partial charge in [-0.1, -0.05) is 0 Å². The molecule has 0 radical (unpaired) electrons. The number of aliphatic hydroxyl groups excluding tert-OH is 2. The molecule has 96 valence electrons. The molecule has 1 aromatic rings. The van der Waals surface area contributed by atoms with Gasteiger partial charge >= 0.3 is 0 Å². The van der Waals surface area contributed by atoms with Crippen LogP contribution >= 0.6 is 0 Å². The van der Waals surface area contributed by atoms with Crippen molar-refractivity contribution in [3.05, 3.63) is 17.2 Å². The number of anilines is 2. The van der Waals surface area contributed by atoms with Crippen molar-refractivity contribution in [3.63, 3.8) is 0 Å². The highest BCUT2D eigenvalue weighted by molar-refractivity contribution is 5.72. The maximum atomic E-state index is 9.01. The van der Waals surface area contributed by atoms with Gasteiger partial charge < -0.3 is 26.4 Å². The lowest BCUT2D eigenvalue weighted by Crippen LogP contribution is -2.09. The van der Waals surface area contributed by atoms with Crippen molar-refractivity contribution in [1.82, 2.24) is 0 Å². The highest BCUT2D eigenvalue weighted by atomic mass is 16.5. The minimum absolute atomic E-state index is 0.0122. The third-order valence-corrected chi connectivity index (χ3v) is 2.61. The van der Waals surface area contributed by atoms with Crippen molar-refractivity contribution in [2.24, 2.45) is 0 Å². The second-order valence-corrected chi connectivity index (χ2v) is 3.72. The molecule has 6 N–H and O–H groups in total. The summed E-state index contributed by atoms with van der Waals surface area (Å²) in [5.74, 6) is 0.564.